The zero-order valence-corrected chi connectivity index (χ0v) is 15.1. The van der Waals surface area contributed by atoms with Crippen LogP contribution in [0.1, 0.15) is 18.1 Å². The first-order chi connectivity index (χ1) is 13.7. The van der Waals surface area contributed by atoms with Gasteiger partial charge in [-0.2, -0.15) is 26.3 Å². The lowest BCUT2D eigenvalue weighted by Crippen LogP contribution is -2.42. The van der Waals surface area contributed by atoms with Crippen molar-refractivity contribution in [1.29, 1.82) is 0 Å². The number of hydrogen-bond donors (Lipinski definition) is 2. The van der Waals surface area contributed by atoms with Gasteiger partial charge in [-0.05, 0) is 36.4 Å². The lowest BCUT2D eigenvalue weighted by atomic mass is 10.1. The Kier molecular flexibility index (Phi) is 6.09. The fourth-order valence-corrected chi connectivity index (χ4v) is 2.42. The zero-order valence-electron chi connectivity index (χ0n) is 15.1. The number of nitrogens with zero attached hydrogens (tertiary/aromatic N) is 1. The molecule has 30 heavy (non-hydrogen) atoms. The Balaban J connectivity index is 2.40. The van der Waals surface area contributed by atoms with Crippen molar-refractivity contribution in [3.05, 3.63) is 53.6 Å². The minimum absolute atomic E-state index is 0.109. The summed E-state index contributed by atoms with van der Waals surface area (Å²) in [6.45, 7) is 0.931. The topological polar surface area (TPSA) is 92.5 Å². The molecule has 0 saturated carbocycles. The van der Waals surface area contributed by atoms with Gasteiger partial charge in [-0.1, -0.05) is 6.07 Å². The summed E-state index contributed by atoms with van der Waals surface area (Å²) in [4.78, 5) is 36.8. The van der Waals surface area contributed by atoms with E-state index in [1.807, 2.05) is 0 Å². The molecule has 0 atom stereocenters. The van der Waals surface area contributed by atoms with Crippen LogP contribution in [0.25, 0.3) is 0 Å². The van der Waals surface area contributed by atoms with Crippen molar-refractivity contribution < 1.29 is 40.7 Å². The van der Waals surface area contributed by atoms with Crippen LogP contribution in [0.5, 0.6) is 0 Å². The van der Waals surface area contributed by atoms with Crippen LogP contribution >= 0.6 is 0 Å². The lowest BCUT2D eigenvalue weighted by Gasteiger charge is -2.19. The van der Waals surface area contributed by atoms with Gasteiger partial charge in [0.05, 0.1) is 16.8 Å². The number of anilines is 3. The fraction of sp³-hybridized carbons (Fsp3) is 0.167. The Morgan fingerprint density at radius 3 is 1.87 bits per heavy atom. The normalized spacial score (nSPS) is 11.7. The Labute approximate surface area is 165 Å². The highest BCUT2D eigenvalue weighted by molar-refractivity contribution is 6.48. The third kappa shape index (κ3) is 5.27. The molecule has 0 fully saturated rings. The summed E-state index contributed by atoms with van der Waals surface area (Å²) in [6, 6.07) is 5.57. The van der Waals surface area contributed by atoms with Crippen LogP contribution in [0.4, 0.5) is 43.4 Å². The molecule has 3 N–H and O–H groups in total. The molecule has 160 valence electrons. The van der Waals surface area contributed by atoms with Gasteiger partial charge in [-0.15, -0.1) is 0 Å². The number of hydrogen-bond acceptors (Lipinski definition) is 4. The molecule has 6 nitrogen and oxygen atoms in total. The summed E-state index contributed by atoms with van der Waals surface area (Å²) in [5.74, 6) is -4.08. The second-order valence-corrected chi connectivity index (χ2v) is 6.00. The number of imide groups is 1. The van der Waals surface area contributed by atoms with Gasteiger partial charge in [0.15, 0.2) is 0 Å². The van der Waals surface area contributed by atoms with Crippen LogP contribution in [0.2, 0.25) is 0 Å². The molecular formula is C18H13F6N3O3. The highest BCUT2D eigenvalue weighted by Gasteiger charge is 2.37. The SMILES string of the molecule is CC(=O)N(C(=O)C(=O)Nc1cc(C(F)(F)F)cc(C(F)(F)F)c1)c1cccc(N)c1. The molecule has 2 rings (SSSR count). The number of nitrogens with one attached hydrogen (secondary N) is 1. The predicted octanol–water partition coefficient (Wildman–Crippen LogP) is 3.82. The van der Waals surface area contributed by atoms with Crippen LogP contribution < -0.4 is 16.0 Å². The van der Waals surface area contributed by atoms with E-state index in [9.17, 15) is 40.7 Å². The van der Waals surface area contributed by atoms with E-state index in [4.69, 9.17) is 5.73 Å². The van der Waals surface area contributed by atoms with Crippen molar-refractivity contribution in [3.63, 3.8) is 0 Å². The quantitative estimate of drug-likeness (QED) is 0.428. The Morgan fingerprint density at radius 1 is 0.900 bits per heavy atom. The van der Waals surface area contributed by atoms with Gasteiger partial charge < -0.3 is 11.1 Å². The molecule has 0 aromatic heterocycles. The zero-order chi connectivity index (χ0) is 22.9. The van der Waals surface area contributed by atoms with Crippen LogP contribution in [-0.2, 0) is 26.7 Å². The first-order valence-corrected chi connectivity index (χ1v) is 8.01. The van der Waals surface area contributed by atoms with E-state index >= 15 is 0 Å². The number of nitrogens with two attached hydrogens (primary N) is 1. The molecular weight excluding hydrogens is 420 g/mol. The number of benzene rings is 2. The average molecular weight is 433 g/mol. The van der Waals surface area contributed by atoms with Crippen LogP contribution in [0.3, 0.4) is 0 Å². The Hall–Kier alpha value is -3.57. The highest BCUT2D eigenvalue weighted by Crippen LogP contribution is 2.37. The number of amides is 3. The molecule has 0 aliphatic carbocycles. The van der Waals surface area contributed by atoms with Gasteiger partial charge in [0.2, 0.25) is 5.91 Å². The highest BCUT2D eigenvalue weighted by atomic mass is 19.4. The predicted molar refractivity (Wildman–Crippen MR) is 94.1 cm³/mol. The third-order valence-corrected chi connectivity index (χ3v) is 3.69. The number of carbonyl (C=O) groups is 3. The number of nitrogen functional groups attached to an aromatic ring is 1. The maximum atomic E-state index is 12.9. The Bertz CT molecular complexity index is 969. The molecule has 0 radical (unpaired) electrons. The van der Waals surface area contributed by atoms with Crippen LogP contribution in [0, 0.1) is 0 Å². The van der Waals surface area contributed by atoms with E-state index < -0.39 is 46.9 Å². The fourth-order valence-electron chi connectivity index (χ4n) is 2.42. The molecule has 0 unspecified atom stereocenters. The second kappa shape index (κ2) is 8.05. The number of alkyl halides is 6. The molecule has 0 bridgehead atoms. The molecule has 2 aromatic carbocycles. The summed E-state index contributed by atoms with van der Waals surface area (Å²) in [5, 5.41) is 1.67. The van der Waals surface area contributed by atoms with Crippen molar-refractivity contribution in [2.45, 2.75) is 19.3 Å². The van der Waals surface area contributed by atoms with E-state index in [0.29, 0.717) is 4.90 Å². The molecule has 0 aliphatic rings. The van der Waals surface area contributed by atoms with Crippen molar-refractivity contribution in [2.75, 3.05) is 16.0 Å². The first kappa shape index (κ1) is 22.7. The van der Waals surface area contributed by atoms with E-state index in [2.05, 4.69) is 0 Å². The minimum atomic E-state index is -5.14. The lowest BCUT2D eigenvalue weighted by molar-refractivity contribution is -0.143. The van der Waals surface area contributed by atoms with E-state index in [0.717, 1.165) is 6.92 Å². The molecule has 12 heteroatoms. The minimum Gasteiger partial charge on any atom is -0.399 e. The van der Waals surface area contributed by atoms with Crippen molar-refractivity contribution >= 4 is 34.8 Å². The molecule has 0 saturated heterocycles. The van der Waals surface area contributed by atoms with Gasteiger partial charge in [0.25, 0.3) is 0 Å². The summed E-state index contributed by atoms with van der Waals surface area (Å²) in [6.07, 6.45) is -10.3. The van der Waals surface area contributed by atoms with E-state index in [-0.39, 0.29) is 29.6 Å². The van der Waals surface area contributed by atoms with Crippen molar-refractivity contribution in [2.24, 2.45) is 0 Å². The first-order valence-electron chi connectivity index (χ1n) is 8.01. The van der Waals surface area contributed by atoms with Gasteiger partial charge in [-0.25, -0.2) is 4.90 Å². The standard InChI is InChI=1S/C18H13F6N3O3/c1-9(28)27(14-4-2-3-12(25)8-14)16(30)15(29)26-13-6-10(17(19,20)21)5-11(7-13)18(22,23)24/h2-8H,25H2,1H3,(H,26,29). The summed E-state index contributed by atoms with van der Waals surface area (Å²) >= 11 is 0. The number of rotatable bonds is 2. The summed E-state index contributed by atoms with van der Waals surface area (Å²) in [5.41, 5.74) is 1.29. The van der Waals surface area contributed by atoms with E-state index in [1.54, 1.807) is 5.32 Å². The number of carbonyl (C=O) groups excluding carboxylic acids is 3. The van der Waals surface area contributed by atoms with E-state index in [1.165, 1.54) is 24.3 Å². The smallest absolute Gasteiger partial charge is 0.399 e. The van der Waals surface area contributed by atoms with Gasteiger partial charge >= 0.3 is 24.2 Å². The van der Waals surface area contributed by atoms with Crippen LogP contribution in [0.15, 0.2) is 42.5 Å². The molecule has 0 aliphatic heterocycles. The maximum absolute atomic E-state index is 12.9. The van der Waals surface area contributed by atoms with Gasteiger partial charge in [-0.3, -0.25) is 14.4 Å². The monoisotopic (exact) mass is 433 g/mol. The largest absolute Gasteiger partial charge is 0.416 e. The summed E-state index contributed by atoms with van der Waals surface area (Å²) in [7, 11) is 0. The molecule has 0 spiro atoms. The molecule has 0 heterocycles. The van der Waals surface area contributed by atoms with Gasteiger partial charge in [0.1, 0.15) is 0 Å². The van der Waals surface area contributed by atoms with Crippen molar-refractivity contribution in [1.82, 2.24) is 0 Å². The molecule has 3 amide bonds. The summed E-state index contributed by atoms with van der Waals surface area (Å²) < 4.78 is 77.5. The average Bonchev–Trinajstić information content (AvgIpc) is 2.59. The van der Waals surface area contributed by atoms with Gasteiger partial charge in [0, 0.05) is 18.3 Å². The Morgan fingerprint density at radius 2 is 1.43 bits per heavy atom. The van der Waals surface area contributed by atoms with Crippen LogP contribution in [-0.4, -0.2) is 17.7 Å². The molecule has 2 aromatic rings. The third-order valence-electron chi connectivity index (χ3n) is 3.69. The van der Waals surface area contributed by atoms with Crippen molar-refractivity contribution in [3.8, 4) is 0 Å². The number of halogens is 6. The second-order valence-electron chi connectivity index (χ2n) is 6.00. The maximum Gasteiger partial charge on any atom is 0.416 e.